The molecule has 2 aromatic heterocycles. The Kier molecular flexibility index (Phi) is 3.33. The molecule has 0 unspecified atom stereocenters. The van der Waals surface area contributed by atoms with Crippen molar-refractivity contribution < 1.29 is 0 Å². The number of H-pyrrole nitrogens is 1. The van der Waals surface area contributed by atoms with Crippen molar-refractivity contribution >= 4 is 0 Å². The summed E-state index contributed by atoms with van der Waals surface area (Å²) in [5.74, 6) is 0. The number of hydrogen-bond donors (Lipinski definition) is 2. The van der Waals surface area contributed by atoms with E-state index in [1.54, 1.807) is 17.2 Å². The number of benzene rings is 1. The molecule has 0 saturated heterocycles. The molecule has 2 heterocycles. The van der Waals surface area contributed by atoms with Crippen molar-refractivity contribution in [2.75, 3.05) is 0 Å². The first kappa shape index (κ1) is 11.6. The zero-order valence-corrected chi connectivity index (χ0v) is 10.3. The van der Waals surface area contributed by atoms with E-state index in [2.05, 4.69) is 25.7 Å². The highest BCUT2D eigenvalue weighted by Crippen LogP contribution is 2.04. The van der Waals surface area contributed by atoms with Crippen LogP contribution < -0.4 is 5.32 Å². The second-order valence-electron chi connectivity index (χ2n) is 4.17. The molecule has 6 heteroatoms. The maximum absolute atomic E-state index is 4.42. The van der Waals surface area contributed by atoms with Gasteiger partial charge in [0.25, 0.3) is 0 Å². The molecular weight excluding hydrogens is 240 g/mol. The topological polar surface area (TPSA) is 71.4 Å². The summed E-state index contributed by atoms with van der Waals surface area (Å²) in [6, 6.07) is 9.86. The van der Waals surface area contributed by atoms with Gasteiger partial charge in [-0.25, -0.2) is 0 Å². The summed E-state index contributed by atoms with van der Waals surface area (Å²) < 4.78 is 0. The summed E-state index contributed by atoms with van der Waals surface area (Å²) >= 11 is 0. The van der Waals surface area contributed by atoms with E-state index in [1.165, 1.54) is 0 Å². The summed E-state index contributed by atoms with van der Waals surface area (Å²) in [5, 5.41) is 18.6. The van der Waals surface area contributed by atoms with E-state index in [4.69, 9.17) is 0 Å². The van der Waals surface area contributed by atoms with Crippen LogP contribution in [0.1, 0.15) is 11.3 Å². The molecule has 96 valence electrons. The summed E-state index contributed by atoms with van der Waals surface area (Å²) in [7, 11) is 0. The average molecular weight is 254 g/mol. The summed E-state index contributed by atoms with van der Waals surface area (Å²) in [5.41, 5.74) is 2.99. The van der Waals surface area contributed by atoms with Crippen molar-refractivity contribution in [3.8, 4) is 5.69 Å². The predicted octanol–water partition coefficient (Wildman–Crippen LogP) is 1.28. The quantitative estimate of drug-likeness (QED) is 0.719. The van der Waals surface area contributed by atoms with Gasteiger partial charge in [-0.2, -0.15) is 20.1 Å². The summed E-state index contributed by atoms with van der Waals surface area (Å²) in [6.45, 7) is 1.44. The molecule has 3 aromatic rings. The Balaban J connectivity index is 1.59. The Labute approximate surface area is 110 Å². The molecule has 0 atom stereocenters. The molecule has 0 spiro atoms. The average Bonchev–Trinajstić information content (AvgIpc) is 3.11. The number of hydrogen-bond acceptors (Lipinski definition) is 4. The van der Waals surface area contributed by atoms with E-state index in [9.17, 15) is 0 Å². The molecule has 0 saturated carbocycles. The van der Waals surface area contributed by atoms with Crippen molar-refractivity contribution in [3.63, 3.8) is 0 Å². The Morgan fingerprint density at radius 2 is 2.00 bits per heavy atom. The van der Waals surface area contributed by atoms with Crippen LogP contribution in [0, 0.1) is 0 Å². The van der Waals surface area contributed by atoms with Gasteiger partial charge in [-0.1, -0.05) is 18.2 Å². The van der Waals surface area contributed by atoms with Crippen LogP contribution in [-0.4, -0.2) is 25.2 Å². The van der Waals surface area contributed by atoms with Gasteiger partial charge in [0, 0.05) is 24.8 Å². The van der Waals surface area contributed by atoms with Gasteiger partial charge in [-0.3, -0.25) is 5.10 Å². The van der Waals surface area contributed by atoms with E-state index >= 15 is 0 Å². The Morgan fingerprint density at radius 1 is 1.11 bits per heavy atom. The highest BCUT2D eigenvalue weighted by molar-refractivity contribution is 5.28. The van der Waals surface area contributed by atoms with Crippen LogP contribution in [0.3, 0.4) is 0 Å². The molecule has 0 amide bonds. The Morgan fingerprint density at radius 3 is 2.79 bits per heavy atom. The first-order chi connectivity index (χ1) is 9.42. The summed E-state index contributed by atoms with van der Waals surface area (Å²) in [6.07, 6.45) is 5.44. The van der Waals surface area contributed by atoms with Crippen molar-refractivity contribution in [3.05, 3.63) is 60.2 Å². The fourth-order valence-corrected chi connectivity index (χ4v) is 1.77. The third-order valence-corrected chi connectivity index (χ3v) is 2.72. The van der Waals surface area contributed by atoms with Gasteiger partial charge < -0.3 is 5.32 Å². The van der Waals surface area contributed by atoms with Crippen LogP contribution in [0.5, 0.6) is 0 Å². The standard InChI is InChI=1S/C13H14N6/c1-2-4-13(5-3-1)19-17-10-12(18-19)9-14-6-11-7-15-16-8-11/h1-5,7-8,10,14H,6,9H2,(H,15,16). The monoisotopic (exact) mass is 254 g/mol. The van der Waals surface area contributed by atoms with Crippen molar-refractivity contribution in [2.24, 2.45) is 0 Å². The minimum atomic E-state index is 0.679. The first-order valence-corrected chi connectivity index (χ1v) is 6.07. The van der Waals surface area contributed by atoms with Gasteiger partial charge in [0.05, 0.1) is 23.8 Å². The Hall–Kier alpha value is -2.47. The number of para-hydroxylation sites is 1. The summed E-state index contributed by atoms with van der Waals surface area (Å²) in [4.78, 5) is 1.63. The maximum Gasteiger partial charge on any atom is 0.0969 e. The predicted molar refractivity (Wildman–Crippen MR) is 70.5 cm³/mol. The van der Waals surface area contributed by atoms with Crippen LogP contribution in [0.15, 0.2) is 48.9 Å². The lowest BCUT2D eigenvalue weighted by atomic mass is 10.3. The van der Waals surface area contributed by atoms with E-state index in [-0.39, 0.29) is 0 Å². The molecule has 19 heavy (non-hydrogen) atoms. The van der Waals surface area contributed by atoms with Gasteiger partial charge in [0.1, 0.15) is 0 Å². The largest absolute Gasteiger partial charge is 0.307 e. The molecule has 0 bridgehead atoms. The lowest BCUT2D eigenvalue weighted by Gasteiger charge is -1.99. The van der Waals surface area contributed by atoms with Gasteiger partial charge in [-0.05, 0) is 12.1 Å². The third-order valence-electron chi connectivity index (χ3n) is 2.72. The zero-order valence-electron chi connectivity index (χ0n) is 10.3. The highest BCUT2D eigenvalue weighted by atomic mass is 15.5. The minimum absolute atomic E-state index is 0.679. The second-order valence-corrected chi connectivity index (χ2v) is 4.17. The van der Waals surface area contributed by atoms with Crippen molar-refractivity contribution in [1.82, 2.24) is 30.5 Å². The molecule has 0 aliphatic heterocycles. The molecule has 0 radical (unpaired) electrons. The second kappa shape index (κ2) is 5.45. The molecule has 1 aromatic carbocycles. The first-order valence-electron chi connectivity index (χ1n) is 6.07. The molecule has 0 fully saturated rings. The van der Waals surface area contributed by atoms with Crippen LogP contribution in [-0.2, 0) is 13.1 Å². The van der Waals surface area contributed by atoms with Gasteiger partial charge >= 0.3 is 0 Å². The van der Waals surface area contributed by atoms with Gasteiger partial charge in [-0.15, -0.1) is 0 Å². The fourth-order valence-electron chi connectivity index (χ4n) is 1.77. The molecular formula is C13H14N6. The number of nitrogens with one attached hydrogen (secondary N) is 2. The number of rotatable bonds is 5. The van der Waals surface area contributed by atoms with E-state index in [1.807, 2.05) is 36.5 Å². The normalized spacial score (nSPS) is 10.7. The van der Waals surface area contributed by atoms with Crippen molar-refractivity contribution in [1.29, 1.82) is 0 Å². The third kappa shape index (κ3) is 2.86. The fraction of sp³-hybridized carbons (Fsp3) is 0.154. The maximum atomic E-state index is 4.42. The molecule has 3 rings (SSSR count). The number of aromatic amines is 1. The smallest absolute Gasteiger partial charge is 0.0969 e. The molecule has 0 aliphatic carbocycles. The lowest BCUT2D eigenvalue weighted by Crippen LogP contribution is -2.12. The number of nitrogens with zero attached hydrogens (tertiary/aromatic N) is 4. The number of aromatic nitrogens is 5. The molecule has 0 aliphatic rings. The highest BCUT2D eigenvalue weighted by Gasteiger charge is 2.02. The SMILES string of the molecule is c1ccc(-n2ncc(CNCc3cn[nH]c3)n2)cc1. The van der Waals surface area contributed by atoms with E-state index < -0.39 is 0 Å². The lowest BCUT2D eigenvalue weighted by molar-refractivity contribution is 0.662. The van der Waals surface area contributed by atoms with Crippen LogP contribution in [0.4, 0.5) is 0 Å². The van der Waals surface area contributed by atoms with E-state index in [0.717, 1.165) is 23.5 Å². The van der Waals surface area contributed by atoms with Crippen molar-refractivity contribution in [2.45, 2.75) is 13.1 Å². The Bertz CT molecular complexity index is 614. The van der Waals surface area contributed by atoms with Crippen LogP contribution >= 0.6 is 0 Å². The minimum Gasteiger partial charge on any atom is -0.307 e. The molecule has 6 nitrogen and oxygen atoms in total. The zero-order chi connectivity index (χ0) is 12.9. The van der Waals surface area contributed by atoms with Gasteiger partial charge in [0.2, 0.25) is 0 Å². The van der Waals surface area contributed by atoms with Crippen LogP contribution in [0.25, 0.3) is 5.69 Å². The van der Waals surface area contributed by atoms with Crippen LogP contribution in [0.2, 0.25) is 0 Å². The molecule has 2 N–H and O–H groups in total. The van der Waals surface area contributed by atoms with Gasteiger partial charge in [0.15, 0.2) is 0 Å². The van der Waals surface area contributed by atoms with E-state index in [0.29, 0.717) is 6.54 Å².